The molecule has 4 aromatic carbocycles. The van der Waals surface area contributed by atoms with Crippen molar-refractivity contribution in [1.29, 1.82) is 0 Å². The normalized spacial score (nSPS) is 10.5. The predicted octanol–water partition coefficient (Wildman–Crippen LogP) is 7.40. The van der Waals surface area contributed by atoms with Gasteiger partial charge in [-0.15, -0.1) is 0 Å². The quantitative estimate of drug-likeness (QED) is 0.248. The Balaban J connectivity index is 1.58. The van der Waals surface area contributed by atoms with Crippen LogP contribution in [-0.2, 0) is 6.54 Å². The molecule has 0 saturated heterocycles. The highest BCUT2D eigenvalue weighted by molar-refractivity contribution is 9.10. The average molecular weight is 557 g/mol. The molecule has 0 aromatic heterocycles. The molecule has 0 unspecified atom stereocenters. The van der Waals surface area contributed by atoms with Crippen molar-refractivity contribution in [2.75, 3.05) is 40.7 Å². The van der Waals surface area contributed by atoms with E-state index < -0.39 is 0 Å². The van der Waals surface area contributed by atoms with Crippen LogP contribution in [0.1, 0.15) is 5.56 Å². The van der Waals surface area contributed by atoms with Crippen molar-refractivity contribution in [1.82, 2.24) is 0 Å². The maximum Gasteiger partial charge on any atom is 0.329 e. The molecule has 188 valence electrons. The van der Waals surface area contributed by atoms with E-state index in [0.717, 1.165) is 21.4 Å². The smallest absolute Gasteiger partial charge is 0.297 e. The molecule has 4 aromatic rings. The zero-order chi connectivity index (χ0) is 26.4. The Morgan fingerprint density at radius 1 is 0.595 bits per heavy atom. The fourth-order valence-corrected chi connectivity index (χ4v) is 4.56. The van der Waals surface area contributed by atoms with Crippen molar-refractivity contribution in [2.24, 2.45) is 0 Å². The molecule has 0 atom stereocenters. The van der Waals surface area contributed by atoms with E-state index in [9.17, 15) is 9.59 Å². The van der Waals surface area contributed by atoms with Crippen LogP contribution in [0.5, 0.6) is 0 Å². The van der Waals surface area contributed by atoms with Crippen LogP contribution in [0.15, 0.2) is 114 Å². The lowest BCUT2D eigenvalue weighted by Crippen LogP contribution is -2.41. The summed E-state index contributed by atoms with van der Waals surface area (Å²) in [5.74, 6) is 0. The number of para-hydroxylation sites is 2. The molecule has 0 fully saturated rings. The number of rotatable bonds is 6. The van der Waals surface area contributed by atoms with E-state index in [1.807, 2.05) is 109 Å². The Hall–Kier alpha value is -4.10. The number of benzene rings is 4. The summed E-state index contributed by atoms with van der Waals surface area (Å²) in [5, 5.41) is 0. The van der Waals surface area contributed by atoms with Crippen LogP contribution in [0, 0.1) is 0 Å². The molecular formula is C30H29BrN4O2. The van der Waals surface area contributed by atoms with Gasteiger partial charge in [0.2, 0.25) is 0 Å². The number of halogens is 1. The van der Waals surface area contributed by atoms with Gasteiger partial charge in [-0.2, -0.15) is 0 Å². The molecule has 37 heavy (non-hydrogen) atoms. The van der Waals surface area contributed by atoms with Gasteiger partial charge >= 0.3 is 12.1 Å². The van der Waals surface area contributed by atoms with Crippen molar-refractivity contribution < 1.29 is 9.59 Å². The van der Waals surface area contributed by atoms with Crippen molar-refractivity contribution in [3.63, 3.8) is 0 Å². The summed E-state index contributed by atoms with van der Waals surface area (Å²) in [5.41, 5.74) is 3.96. The summed E-state index contributed by atoms with van der Waals surface area (Å²) in [4.78, 5) is 33.5. The van der Waals surface area contributed by atoms with E-state index in [0.29, 0.717) is 17.9 Å². The van der Waals surface area contributed by atoms with Gasteiger partial charge in [0.05, 0.1) is 12.2 Å². The van der Waals surface area contributed by atoms with Crippen molar-refractivity contribution in [3.8, 4) is 0 Å². The third-order valence-corrected chi connectivity index (χ3v) is 6.83. The molecule has 4 amide bonds. The number of hydrogen-bond acceptors (Lipinski definition) is 2. The number of nitrogens with zero attached hydrogens (tertiary/aromatic N) is 4. The summed E-state index contributed by atoms with van der Waals surface area (Å²) in [6, 6.07) is 34.1. The van der Waals surface area contributed by atoms with E-state index in [1.165, 1.54) is 0 Å². The molecule has 0 radical (unpaired) electrons. The lowest BCUT2D eigenvalue weighted by atomic mass is 10.2. The first-order valence-electron chi connectivity index (χ1n) is 11.9. The second kappa shape index (κ2) is 11.8. The van der Waals surface area contributed by atoms with Gasteiger partial charge in [0.1, 0.15) is 0 Å². The number of carbonyl (C=O) groups excluding carboxylic acids is 2. The molecule has 0 aliphatic heterocycles. The number of urea groups is 2. The summed E-state index contributed by atoms with van der Waals surface area (Å²) in [6.45, 7) is 0.433. The van der Waals surface area contributed by atoms with E-state index in [-0.39, 0.29) is 12.1 Å². The molecule has 0 N–H and O–H groups in total. The van der Waals surface area contributed by atoms with Crippen molar-refractivity contribution in [3.05, 3.63) is 119 Å². The topological polar surface area (TPSA) is 47.1 Å². The summed E-state index contributed by atoms with van der Waals surface area (Å²) in [6.07, 6.45) is 0. The number of carbonyl (C=O) groups is 2. The standard InChI is InChI=1S/C30H29BrN4O2/c1-32(29(36)34(3)28-20-11-10-19-27(28)31)25-17-12-18-26(21-25)33(2)30(37)35(24-15-8-5-9-16-24)22-23-13-6-4-7-14-23/h4-21H,22H2,1-3H3. The van der Waals surface area contributed by atoms with E-state index in [1.54, 1.807) is 40.7 Å². The number of amides is 4. The molecule has 0 bridgehead atoms. The van der Waals surface area contributed by atoms with Crippen LogP contribution in [0.3, 0.4) is 0 Å². The van der Waals surface area contributed by atoms with Crippen LogP contribution in [-0.4, -0.2) is 33.2 Å². The molecule has 0 spiro atoms. The Kier molecular flexibility index (Phi) is 8.25. The molecule has 6 nitrogen and oxygen atoms in total. The largest absolute Gasteiger partial charge is 0.329 e. The van der Waals surface area contributed by atoms with Gasteiger partial charge in [0.25, 0.3) is 0 Å². The van der Waals surface area contributed by atoms with E-state index in [4.69, 9.17) is 0 Å². The highest BCUT2D eigenvalue weighted by atomic mass is 79.9. The maximum absolute atomic E-state index is 13.8. The second-order valence-corrected chi connectivity index (χ2v) is 9.48. The van der Waals surface area contributed by atoms with Gasteiger partial charge in [0.15, 0.2) is 0 Å². The van der Waals surface area contributed by atoms with Crippen LogP contribution in [0.25, 0.3) is 0 Å². The fraction of sp³-hybridized carbons (Fsp3) is 0.133. The van der Waals surface area contributed by atoms with Crippen LogP contribution in [0.2, 0.25) is 0 Å². The Bertz CT molecular complexity index is 1360. The van der Waals surface area contributed by atoms with Crippen LogP contribution >= 0.6 is 15.9 Å². The highest BCUT2D eigenvalue weighted by Gasteiger charge is 2.23. The Labute approximate surface area is 226 Å². The molecule has 0 aliphatic rings. The van der Waals surface area contributed by atoms with Gasteiger partial charge in [-0.3, -0.25) is 19.6 Å². The van der Waals surface area contributed by atoms with Gasteiger partial charge in [-0.25, -0.2) is 9.59 Å². The fourth-order valence-electron chi connectivity index (χ4n) is 4.01. The first-order valence-corrected chi connectivity index (χ1v) is 12.7. The zero-order valence-corrected chi connectivity index (χ0v) is 22.7. The SMILES string of the molecule is CN(C(=O)N(C)c1ccccc1Br)c1cccc(N(C)C(=O)N(Cc2ccccc2)c2ccccc2)c1. The minimum absolute atomic E-state index is 0.175. The summed E-state index contributed by atoms with van der Waals surface area (Å²) >= 11 is 3.51. The molecular weight excluding hydrogens is 528 g/mol. The van der Waals surface area contributed by atoms with E-state index in [2.05, 4.69) is 15.9 Å². The third kappa shape index (κ3) is 6.01. The van der Waals surface area contributed by atoms with E-state index >= 15 is 0 Å². The van der Waals surface area contributed by atoms with Gasteiger partial charge < -0.3 is 0 Å². The van der Waals surface area contributed by atoms with Crippen molar-refractivity contribution >= 4 is 50.7 Å². The van der Waals surface area contributed by atoms with Crippen LogP contribution < -0.4 is 19.6 Å². The number of hydrogen-bond donors (Lipinski definition) is 0. The summed E-state index contributed by atoms with van der Waals surface area (Å²) in [7, 11) is 5.21. The third-order valence-electron chi connectivity index (χ3n) is 6.16. The molecule has 0 heterocycles. The minimum atomic E-state index is -0.201. The summed E-state index contributed by atoms with van der Waals surface area (Å²) < 4.78 is 0.831. The number of anilines is 4. The van der Waals surface area contributed by atoms with Gasteiger partial charge in [-0.05, 0) is 64.0 Å². The lowest BCUT2D eigenvalue weighted by molar-refractivity contribution is 0.252. The molecule has 4 rings (SSSR count). The Morgan fingerprint density at radius 3 is 1.73 bits per heavy atom. The Morgan fingerprint density at radius 2 is 1.11 bits per heavy atom. The van der Waals surface area contributed by atoms with Gasteiger partial charge in [-0.1, -0.05) is 66.7 Å². The first kappa shape index (κ1) is 26.0. The minimum Gasteiger partial charge on any atom is -0.297 e. The molecule has 0 aliphatic carbocycles. The lowest BCUT2D eigenvalue weighted by Gasteiger charge is -2.30. The van der Waals surface area contributed by atoms with Crippen molar-refractivity contribution in [2.45, 2.75) is 6.54 Å². The zero-order valence-electron chi connectivity index (χ0n) is 21.1. The predicted molar refractivity (Wildman–Crippen MR) is 156 cm³/mol. The van der Waals surface area contributed by atoms with Gasteiger partial charge in [0, 0.05) is 42.7 Å². The average Bonchev–Trinajstić information content (AvgIpc) is 2.95. The molecule has 7 heteroatoms. The second-order valence-electron chi connectivity index (χ2n) is 8.62. The van der Waals surface area contributed by atoms with Crippen LogP contribution in [0.4, 0.5) is 32.3 Å². The maximum atomic E-state index is 13.8. The highest BCUT2D eigenvalue weighted by Crippen LogP contribution is 2.28. The first-order chi connectivity index (χ1) is 17.9. The monoisotopic (exact) mass is 556 g/mol. The molecule has 0 saturated carbocycles.